The van der Waals surface area contributed by atoms with E-state index in [1.165, 1.54) is 31.2 Å². The summed E-state index contributed by atoms with van der Waals surface area (Å²) in [6, 6.07) is 13.4. The summed E-state index contributed by atoms with van der Waals surface area (Å²) in [4.78, 5) is 11.8. The predicted molar refractivity (Wildman–Crippen MR) is 127 cm³/mol. The molecule has 1 heterocycles. The normalized spacial score (nSPS) is 26.3. The number of aryl methyl sites for hydroxylation is 2. The molecule has 0 N–H and O–H groups in total. The number of pyridine rings is 1. The van der Waals surface area contributed by atoms with Gasteiger partial charge in [-0.2, -0.15) is 4.57 Å². The molecule has 6 heteroatoms. The maximum Gasteiger partial charge on any atom is 0.180 e. The van der Waals surface area contributed by atoms with Crippen LogP contribution >= 0.6 is 0 Å². The average Bonchev–Trinajstić information content (AvgIpc) is 3.12. The SMILES string of the molecule is CC1(C)[C@@H]2CC[C@@]1(CS(=O)(=O)[O-])C(=O)C2.C[C@H](c1ccccc1)[n+]1ccc2c(c1)CCCC2. The van der Waals surface area contributed by atoms with Crippen molar-refractivity contribution in [2.24, 2.45) is 16.7 Å². The summed E-state index contributed by atoms with van der Waals surface area (Å²) < 4.78 is 35.0. The van der Waals surface area contributed by atoms with Crippen molar-refractivity contribution in [2.75, 3.05) is 5.75 Å². The Labute approximate surface area is 198 Å². The van der Waals surface area contributed by atoms with Crippen molar-refractivity contribution in [1.82, 2.24) is 0 Å². The molecule has 3 aliphatic rings. The van der Waals surface area contributed by atoms with E-state index in [9.17, 15) is 17.8 Å². The van der Waals surface area contributed by atoms with Crippen molar-refractivity contribution in [3.05, 3.63) is 65.5 Å². The number of Topliss-reactive ketones (excluding diaryl/α,β-unsaturated/α-hetero) is 1. The summed E-state index contributed by atoms with van der Waals surface area (Å²) in [6.45, 7) is 6.10. The zero-order valence-corrected chi connectivity index (χ0v) is 20.7. The number of hydrogen-bond donors (Lipinski definition) is 0. The van der Waals surface area contributed by atoms with Crippen molar-refractivity contribution < 1.29 is 22.3 Å². The lowest BCUT2D eigenvalue weighted by Gasteiger charge is -2.37. The minimum absolute atomic E-state index is 0.0248. The summed E-state index contributed by atoms with van der Waals surface area (Å²) >= 11 is 0. The molecule has 3 aliphatic carbocycles. The summed E-state index contributed by atoms with van der Waals surface area (Å²) in [7, 11) is -4.33. The molecule has 5 nitrogen and oxygen atoms in total. The number of rotatable bonds is 4. The van der Waals surface area contributed by atoms with E-state index in [1.54, 1.807) is 11.1 Å². The lowest BCUT2D eigenvalue weighted by atomic mass is 9.70. The van der Waals surface area contributed by atoms with Crippen LogP contribution in [0.1, 0.15) is 75.6 Å². The van der Waals surface area contributed by atoms with E-state index in [1.807, 2.05) is 13.8 Å². The fraction of sp³-hybridized carbons (Fsp3) is 0.556. The van der Waals surface area contributed by atoms with Crippen molar-refractivity contribution in [3.63, 3.8) is 0 Å². The number of nitrogens with zero attached hydrogens (tertiary/aromatic N) is 1. The van der Waals surface area contributed by atoms with E-state index in [4.69, 9.17) is 0 Å². The van der Waals surface area contributed by atoms with E-state index in [2.05, 4.69) is 60.3 Å². The molecule has 2 aromatic rings. The summed E-state index contributed by atoms with van der Waals surface area (Å²) in [5.41, 5.74) is 3.25. The van der Waals surface area contributed by atoms with Gasteiger partial charge in [0.2, 0.25) is 0 Å². The van der Waals surface area contributed by atoms with Crippen LogP contribution in [0.5, 0.6) is 0 Å². The van der Waals surface area contributed by atoms with Crippen molar-refractivity contribution in [2.45, 2.75) is 71.8 Å². The Morgan fingerprint density at radius 1 is 1.09 bits per heavy atom. The van der Waals surface area contributed by atoms with Crippen LogP contribution in [0.4, 0.5) is 0 Å². The van der Waals surface area contributed by atoms with Crippen LogP contribution in [0.25, 0.3) is 0 Å². The molecule has 3 atom stereocenters. The second-order valence-corrected chi connectivity index (χ2v) is 12.0. The van der Waals surface area contributed by atoms with E-state index < -0.39 is 21.3 Å². The van der Waals surface area contributed by atoms with Gasteiger partial charge in [-0.15, -0.1) is 0 Å². The van der Waals surface area contributed by atoms with Crippen LogP contribution in [0.15, 0.2) is 48.8 Å². The first kappa shape index (κ1) is 24.1. The second-order valence-electron chi connectivity index (χ2n) is 10.6. The van der Waals surface area contributed by atoms with E-state index >= 15 is 0 Å². The van der Waals surface area contributed by atoms with Crippen LogP contribution < -0.4 is 4.57 Å². The quantitative estimate of drug-likeness (QED) is 0.491. The van der Waals surface area contributed by atoms with Gasteiger partial charge in [0.25, 0.3) is 0 Å². The van der Waals surface area contributed by atoms with E-state index in [0.717, 1.165) is 6.42 Å². The Balaban J connectivity index is 0.000000160. The van der Waals surface area contributed by atoms with Crippen molar-refractivity contribution in [1.29, 1.82) is 0 Å². The highest BCUT2D eigenvalue weighted by Gasteiger charge is 2.64. The number of carbonyl (C=O) groups is 1. The van der Waals surface area contributed by atoms with Gasteiger partial charge in [0.05, 0.1) is 15.9 Å². The Morgan fingerprint density at radius 3 is 2.33 bits per heavy atom. The van der Waals surface area contributed by atoms with Gasteiger partial charge in [0.15, 0.2) is 18.4 Å². The number of carbonyl (C=O) groups excluding carboxylic acids is 1. The van der Waals surface area contributed by atoms with Gasteiger partial charge in [-0.3, -0.25) is 4.79 Å². The van der Waals surface area contributed by atoms with Gasteiger partial charge in [0.1, 0.15) is 5.78 Å². The fourth-order valence-corrected chi connectivity index (χ4v) is 7.52. The van der Waals surface area contributed by atoms with Gasteiger partial charge in [-0.25, -0.2) is 8.42 Å². The molecular weight excluding hydrogens is 434 g/mol. The summed E-state index contributed by atoms with van der Waals surface area (Å²) in [5, 5.41) is 0. The standard InChI is InChI=1S/C17H20N.C10H16O4S/c1-14(15-7-3-2-4-8-15)18-12-11-16-9-5-6-10-17(16)13-18;1-9(2)7-3-4-10(9,8(11)5-7)6-15(12,13)14/h2-4,7-8,11-14H,5-6,9-10H2,1H3;7H,3-6H2,1-2H3,(H,12,13,14)/q+1;/p-1/t14-;7-,10-/m11/s1. The third-order valence-electron chi connectivity index (χ3n) is 8.60. The zero-order valence-electron chi connectivity index (χ0n) is 19.9. The largest absolute Gasteiger partial charge is 0.748 e. The van der Waals surface area contributed by atoms with Gasteiger partial charge < -0.3 is 4.55 Å². The molecule has 0 amide bonds. The molecule has 33 heavy (non-hydrogen) atoms. The second kappa shape index (κ2) is 8.95. The third-order valence-corrected chi connectivity index (χ3v) is 9.45. The number of hydrogen-bond acceptors (Lipinski definition) is 4. The zero-order chi connectivity index (χ0) is 23.9. The molecule has 1 aromatic heterocycles. The molecule has 2 bridgehead atoms. The van der Waals surface area contributed by atoms with Crippen LogP contribution in [-0.4, -0.2) is 24.5 Å². The van der Waals surface area contributed by atoms with Gasteiger partial charge >= 0.3 is 0 Å². The van der Waals surface area contributed by atoms with Gasteiger partial charge in [-0.05, 0) is 55.4 Å². The first-order valence-corrected chi connectivity index (χ1v) is 13.7. The summed E-state index contributed by atoms with van der Waals surface area (Å²) in [6.07, 6.45) is 11.7. The van der Waals surface area contributed by atoms with E-state index in [0.29, 0.717) is 18.9 Å². The van der Waals surface area contributed by atoms with Crippen molar-refractivity contribution >= 4 is 15.9 Å². The topological polar surface area (TPSA) is 78.2 Å². The minimum atomic E-state index is -4.33. The molecule has 178 valence electrons. The lowest BCUT2D eigenvalue weighted by molar-refractivity contribution is -0.710. The molecule has 1 aromatic carbocycles. The molecule has 0 radical (unpaired) electrons. The molecule has 2 saturated carbocycles. The highest BCUT2D eigenvalue weighted by atomic mass is 32.2. The maximum absolute atomic E-state index is 11.8. The number of benzene rings is 1. The minimum Gasteiger partial charge on any atom is -0.748 e. The van der Waals surface area contributed by atoms with Crippen LogP contribution in [0, 0.1) is 16.7 Å². The smallest absolute Gasteiger partial charge is 0.180 e. The third kappa shape index (κ3) is 4.65. The first-order chi connectivity index (χ1) is 15.5. The van der Waals surface area contributed by atoms with Crippen molar-refractivity contribution in [3.8, 4) is 0 Å². The van der Waals surface area contributed by atoms with E-state index in [-0.39, 0.29) is 17.1 Å². The van der Waals surface area contributed by atoms with Gasteiger partial charge in [0, 0.05) is 36.0 Å². The monoisotopic (exact) mass is 469 g/mol. The first-order valence-electron chi connectivity index (χ1n) is 12.1. The number of fused-ring (bicyclic) bond motifs is 3. The molecule has 0 unspecified atom stereocenters. The fourth-order valence-electron chi connectivity index (χ4n) is 6.24. The predicted octanol–water partition coefficient (Wildman–Crippen LogP) is 4.39. The van der Waals surface area contributed by atoms with Crippen LogP contribution in [-0.2, 0) is 27.8 Å². The van der Waals surface area contributed by atoms with Crippen LogP contribution in [0.2, 0.25) is 0 Å². The number of ketones is 1. The molecule has 5 rings (SSSR count). The summed E-state index contributed by atoms with van der Waals surface area (Å²) in [5.74, 6) is -0.280. The average molecular weight is 470 g/mol. The highest BCUT2D eigenvalue weighted by molar-refractivity contribution is 7.85. The van der Waals surface area contributed by atoms with Crippen LogP contribution in [0.3, 0.4) is 0 Å². The molecule has 0 aliphatic heterocycles. The maximum atomic E-state index is 11.8. The lowest BCUT2D eigenvalue weighted by Crippen LogP contribution is -2.42. The Bertz CT molecular complexity index is 1130. The Hall–Kier alpha value is -2.05. The molecule has 0 spiro atoms. The Kier molecular flexibility index (Phi) is 6.53. The highest BCUT2D eigenvalue weighted by Crippen LogP contribution is 2.64. The van der Waals surface area contributed by atoms with Gasteiger partial charge in [-0.1, -0.05) is 44.2 Å². The Morgan fingerprint density at radius 2 is 1.76 bits per heavy atom. The molecule has 2 fully saturated rings. The molecular formula is C27H35NO4S. The number of aromatic nitrogens is 1. The molecule has 0 saturated heterocycles.